The number of furan rings is 1. The second-order valence-corrected chi connectivity index (χ2v) is 5.03. The monoisotopic (exact) mass is 258 g/mol. The van der Waals surface area contributed by atoms with Crippen molar-refractivity contribution in [1.29, 1.82) is 0 Å². The van der Waals surface area contributed by atoms with Crippen molar-refractivity contribution in [3.8, 4) is 0 Å². The Morgan fingerprint density at radius 3 is 3.05 bits per heavy atom. The molecule has 0 bridgehead atoms. The molecule has 1 saturated heterocycles. The molecule has 4 nitrogen and oxygen atoms in total. The first-order valence-corrected chi connectivity index (χ1v) is 6.78. The fraction of sp³-hybridized carbons (Fsp3) is 0.400. The van der Waals surface area contributed by atoms with Gasteiger partial charge >= 0.3 is 0 Å². The highest BCUT2D eigenvalue weighted by Gasteiger charge is 2.28. The zero-order chi connectivity index (χ0) is 13.2. The van der Waals surface area contributed by atoms with Gasteiger partial charge < -0.3 is 15.1 Å². The van der Waals surface area contributed by atoms with E-state index in [0.29, 0.717) is 12.1 Å². The van der Waals surface area contributed by atoms with Crippen LogP contribution in [0.25, 0.3) is 11.0 Å². The standard InChI is InChI=1S/C15H18N2O2/c16-9-11-5-3-4-8-17(11)15(18)13-10-19-14-7-2-1-6-12(13)14/h1-2,6-7,10-11H,3-5,8-9,16H2. The lowest BCUT2D eigenvalue weighted by Crippen LogP contribution is -2.47. The Kier molecular flexibility index (Phi) is 3.25. The SMILES string of the molecule is NCC1CCCCN1C(=O)c1coc2ccccc12. The summed E-state index contributed by atoms with van der Waals surface area (Å²) in [7, 11) is 0. The lowest BCUT2D eigenvalue weighted by Gasteiger charge is -2.34. The molecule has 100 valence electrons. The number of hydrogen-bond acceptors (Lipinski definition) is 3. The first-order valence-electron chi connectivity index (χ1n) is 6.78. The van der Waals surface area contributed by atoms with E-state index in [-0.39, 0.29) is 11.9 Å². The Morgan fingerprint density at radius 2 is 2.21 bits per heavy atom. The average Bonchev–Trinajstić information content (AvgIpc) is 2.90. The van der Waals surface area contributed by atoms with Crippen LogP contribution >= 0.6 is 0 Å². The first kappa shape index (κ1) is 12.2. The molecule has 0 spiro atoms. The summed E-state index contributed by atoms with van der Waals surface area (Å²) in [5, 5.41) is 0.883. The number of carbonyl (C=O) groups is 1. The Balaban J connectivity index is 1.94. The maximum absolute atomic E-state index is 12.7. The second-order valence-electron chi connectivity index (χ2n) is 5.03. The number of piperidine rings is 1. The third-order valence-electron chi connectivity index (χ3n) is 3.87. The maximum atomic E-state index is 12.7. The zero-order valence-electron chi connectivity index (χ0n) is 10.8. The van der Waals surface area contributed by atoms with E-state index < -0.39 is 0 Å². The average molecular weight is 258 g/mol. The number of rotatable bonds is 2. The first-order chi connectivity index (χ1) is 9.31. The van der Waals surface area contributed by atoms with E-state index in [2.05, 4.69) is 0 Å². The fourth-order valence-corrected chi connectivity index (χ4v) is 2.81. The summed E-state index contributed by atoms with van der Waals surface area (Å²) in [6, 6.07) is 7.79. The van der Waals surface area contributed by atoms with Crippen LogP contribution < -0.4 is 5.73 Å². The van der Waals surface area contributed by atoms with Crippen molar-refractivity contribution in [3.05, 3.63) is 36.1 Å². The molecule has 3 rings (SSSR count). The molecular formula is C15H18N2O2. The summed E-state index contributed by atoms with van der Waals surface area (Å²) in [4.78, 5) is 14.6. The number of nitrogens with two attached hydrogens (primary N) is 1. The van der Waals surface area contributed by atoms with Crippen LogP contribution in [0.5, 0.6) is 0 Å². The van der Waals surface area contributed by atoms with Crippen LogP contribution in [-0.4, -0.2) is 29.9 Å². The van der Waals surface area contributed by atoms with Gasteiger partial charge in [0, 0.05) is 24.5 Å². The van der Waals surface area contributed by atoms with Crippen molar-refractivity contribution in [2.75, 3.05) is 13.1 Å². The highest BCUT2D eigenvalue weighted by molar-refractivity contribution is 6.06. The highest BCUT2D eigenvalue weighted by Crippen LogP contribution is 2.25. The summed E-state index contributed by atoms with van der Waals surface area (Å²) < 4.78 is 5.45. The maximum Gasteiger partial charge on any atom is 0.258 e. The number of nitrogens with zero attached hydrogens (tertiary/aromatic N) is 1. The van der Waals surface area contributed by atoms with Crippen LogP contribution in [-0.2, 0) is 0 Å². The van der Waals surface area contributed by atoms with Gasteiger partial charge in [0.05, 0.1) is 5.56 Å². The van der Waals surface area contributed by atoms with Gasteiger partial charge in [0.2, 0.25) is 0 Å². The molecule has 1 aromatic heterocycles. The van der Waals surface area contributed by atoms with E-state index in [1.54, 1.807) is 6.26 Å². The molecule has 1 fully saturated rings. The molecule has 1 aliphatic rings. The van der Waals surface area contributed by atoms with Crippen LogP contribution in [0, 0.1) is 0 Å². The van der Waals surface area contributed by atoms with Gasteiger partial charge in [-0.1, -0.05) is 18.2 Å². The number of amides is 1. The summed E-state index contributed by atoms with van der Waals surface area (Å²) in [6.07, 6.45) is 4.77. The fourth-order valence-electron chi connectivity index (χ4n) is 2.81. The van der Waals surface area contributed by atoms with Crippen molar-refractivity contribution < 1.29 is 9.21 Å². The number of para-hydroxylation sites is 1. The summed E-state index contributed by atoms with van der Waals surface area (Å²) in [5.41, 5.74) is 7.19. The van der Waals surface area contributed by atoms with Crippen molar-refractivity contribution in [2.45, 2.75) is 25.3 Å². The van der Waals surface area contributed by atoms with E-state index in [1.807, 2.05) is 29.2 Å². The lowest BCUT2D eigenvalue weighted by atomic mass is 10.0. The van der Waals surface area contributed by atoms with Gasteiger partial charge in [-0.2, -0.15) is 0 Å². The summed E-state index contributed by atoms with van der Waals surface area (Å²) >= 11 is 0. The number of likely N-dealkylation sites (tertiary alicyclic amines) is 1. The molecule has 1 unspecified atom stereocenters. The minimum atomic E-state index is 0.0418. The number of hydrogen-bond donors (Lipinski definition) is 1. The van der Waals surface area contributed by atoms with Gasteiger partial charge in [-0.05, 0) is 25.3 Å². The predicted molar refractivity (Wildman–Crippen MR) is 73.9 cm³/mol. The molecule has 1 amide bonds. The Morgan fingerprint density at radius 1 is 1.37 bits per heavy atom. The molecule has 1 aromatic carbocycles. The van der Waals surface area contributed by atoms with Gasteiger partial charge in [0.15, 0.2) is 0 Å². The second kappa shape index (κ2) is 5.05. The largest absolute Gasteiger partial charge is 0.463 e. The third kappa shape index (κ3) is 2.12. The molecule has 0 aliphatic carbocycles. The Hall–Kier alpha value is -1.81. The van der Waals surface area contributed by atoms with Gasteiger partial charge in [-0.3, -0.25) is 4.79 Å². The van der Waals surface area contributed by atoms with Gasteiger partial charge in [0.25, 0.3) is 5.91 Å². The van der Waals surface area contributed by atoms with Crippen LogP contribution in [0.2, 0.25) is 0 Å². The van der Waals surface area contributed by atoms with E-state index in [0.717, 1.165) is 36.8 Å². The Bertz CT molecular complexity index is 591. The predicted octanol–water partition coefficient (Wildman–Crippen LogP) is 2.39. The van der Waals surface area contributed by atoms with Crippen LogP contribution in [0.1, 0.15) is 29.6 Å². The lowest BCUT2D eigenvalue weighted by molar-refractivity contribution is 0.0624. The Labute approximate surface area is 112 Å². The number of carbonyl (C=O) groups excluding carboxylic acids is 1. The van der Waals surface area contributed by atoms with Gasteiger partial charge in [-0.25, -0.2) is 0 Å². The van der Waals surface area contributed by atoms with Gasteiger partial charge in [-0.15, -0.1) is 0 Å². The molecule has 2 heterocycles. The zero-order valence-corrected chi connectivity index (χ0v) is 10.8. The summed E-state index contributed by atoms with van der Waals surface area (Å²) in [5.74, 6) is 0.0418. The van der Waals surface area contributed by atoms with Crippen molar-refractivity contribution >= 4 is 16.9 Å². The number of benzene rings is 1. The molecule has 4 heteroatoms. The van der Waals surface area contributed by atoms with E-state index in [9.17, 15) is 4.79 Å². The van der Waals surface area contributed by atoms with Crippen LogP contribution in [0.3, 0.4) is 0 Å². The topological polar surface area (TPSA) is 59.5 Å². The van der Waals surface area contributed by atoms with Gasteiger partial charge in [0.1, 0.15) is 11.8 Å². The molecule has 0 saturated carbocycles. The van der Waals surface area contributed by atoms with Crippen molar-refractivity contribution in [2.24, 2.45) is 5.73 Å². The van der Waals surface area contributed by atoms with Crippen molar-refractivity contribution in [1.82, 2.24) is 4.90 Å². The van der Waals surface area contributed by atoms with Crippen molar-refractivity contribution in [3.63, 3.8) is 0 Å². The molecular weight excluding hydrogens is 240 g/mol. The summed E-state index contributed by atoms with van der Waals surface area (Å²) in [6.45, 7) is 1.32. The quantitative estimate of drug-likeness (QED) is 0.899. The minimum Gasteiger partial charge on any atom is -0.463 e. The molecule has 1 atom stereocenters. The van der Waals surface area contributed by atoms with E-state index in [4.69, 9.17) is 10.2 Å². The molecule has 2 aromatic rings. The van der Waals surface area contributed by atoms with Crippen LogP contribution in [0.4, 0.5) is 0 Å². The normalized spacial score (nSPS) is 19.8. The highest BCUT2D eigenvalue weighted by atomic mass is 16.3. The molecule has 19 heavy (non-hydrogen) atoms. The molecule has 0 radical (unpaired) electrons. The third-order valence-corrected chi connectivity index (χ3v) is 3.87. The van der Waals surface area contributed by atoms with E-state index in [1.165, 1.54) is 0 Å². The molecule has 1 aliphatic heterocycles. The van der Waals surface area contributed by atoms with Crippen LogP contribution in [0.15, 0.2) is 34.9 Å². The number of fused-ring (bicyclic) bond motifs is 1. The minimum absolute atomic E-state index is 0.0418. The smallest absolute Gasteiger partial charge is 0.258 e. The molecule has 2 N–H and O–H groups in total. The van der Waals surface area contributed by atoms with E-state index >= 15 is 0 Å².